The van der Waals surface area contributed by atoms with Gasteiger partial charge in [-0.2, -0.15) is 0 Å². The first-order valence-corrected chi connectivity index (χ1v) is 9.73. The van der Waals surface area contributed by atoms with Crippen LogP contribution < -0.4 is 5.32 Å². The van der Waals surface area contributed by atoms with Crippen molar-refractivity contribution in [1.29, 1.82) is 0 Å². The fourth-order valence-corrected chi connectivity index (χ4v) is 4.56. The molecule has 4 rings (SSSR count). The number of piperidine rings is 1. The fourth-order valence-electron chi connectivity index (χ4n) is 4.56. The smallest absolute Gasteiger partial charge is 0.222 e. The largest absolute Gasteiger partial charge is 0.379 e. The molecule has 3 saturated heterocycles. The first-order chi connectivity index (χ1) is 12.7. The maximum absolute atomic E-state index is 12.5. The van der Waals surface area contributed by atoms with Gasteiger partial charge in [0, 0.05) is 31.6 Å². The Kier molecular flexibility index (Phi) is 5.55. The van der Waals surface area contributed by atoms with E-state index in [0.717, 1.165) is 32.7 Å². The van der Waals surface area contributed by atoms with Gasteiger partial charge in [0.2, 0.25) is 5.91 Å². The van der Waals surface area contributed by atoms with Gasteiger partial charge in [-0.15, -0.1) is 0 Å². The minimum atomic E-state index is 0.0606. The van der Waals surface area contributed by atoms with Crippen LogP contribution in [0.5, 0.6) is 0 Å². The van der Waals surface area contributed by atoms with Gasteiger partial charge in [0.05, 0.1) is 38.6 Å². The minimum absolute atomic E-state index is 0.0606. The summed E-state index contributed by atoms with van der Waals surface area (Å²) in [6.07, 6.45) is 1.60. The second-order valence-electron chi connectivity index (χ2n) is 7.58. The van der Waals surface area contributed by atoms with E-state index in [4.69, 9.17) is 9.47 Å². The summed E-state index contributed by atoms with van der Waals surface area (Å²) in [5.41, 5.74) is 1.25. The second kappa shape index (κ2) is 8.05. The number of ether oxygens (including phenoxy) is 2. The van der Waals surface area contributed by atoms with Gasteiger partial charge < -0.3 is 14.8 Å². The first-order valence-electron chi connectivity index (χ1n) is 9.73. The molecule has 1 N–H and O–H groups in total. The van der Waals surface area contributed by atoms with E-state index in [1.165, 1.54) is 5.56 Å². The zero-order valence-corrected chi connectivity index (χ0v) is 15.5. The monoisotopic (exact) mass is 359 g/mol. The number of hydrogen-bond donors (Lipinski definition) is 1. The summed E-state index contributed by atoms with van der Waals surface area (Å²) in [6.45, 7) is 6.86. The molecular weight excluding hydrogens is 330 g/mol. The molecule has 1 aromatic rings. The Balaban J connectivity index is 1.52. The summed E-state index contributed by atoms with van der Waals surface area (Å²) < 4.78 is 11.3. The number of rotatable bonds is 3. The van der Waals surface area contributed by atoms with E-state index in [9.17, 15) is 4.79 Å². The lowest BCUT2D eigenvalue weighted by molar-refractivity contribution is -0.133. The molecule has 1 aromatic carbocycles. The molecule has 1 amide bonds. The third-order valence-electron chi connectivity index (χ3n) is 5.89. The summed E-state index contributed by atoms with van der Waals surface area (Å²) in [4.78, 5) is 17.4. The Bertz CT molecular complexity index is 612. The van der Waals surface area contributed by atoms with E-state index in [1.54, 1.807) is 0 Å². The second-order valence-corrected chi connectivity index (χ2v) is 7.58. The molecule has 0 radical (unpaired) electrons. The highest BCUT2D eigenvalue weighted by Gasteiger charge is 2.39. The van der Waals surface area contributed by atoms with Crippen LogP contribution >= 0.6 is 0 Å². The highest BCUT2D eigenvalue weighted by molar-refractivity contribution is 5.77. The zero-order chi connectivity index (χ0) is 17.9. The summed E-state index contributed by atoms with van der Waals surface area (Å²) in [7, 11) is 0. The number of amides is 1. The molecule has 3 fully saturated rings. The lowest BCUT2D eigenvalue weighted by Gasteiger charge is -2.47. The van der Waals surface area contributed by atoms with Gasteiger partial charge in [0.1, 0.15) is 0 Å². The van der Waals surface area contributed by atoms with Crippen molar-refractivity contribution in [2.45, 2.75) is 44.1 Å². The Hall–Kier alpha value is -1.47. The summed E-state index contributed by atoms with van der Waals surface area (Å²) in [5, 5.41) is 3.24. The molecule has 0 bridgehead atoms. The molecule has 0 spiro atoms. The number of hydrogen-bond acceptors (Lipinski definition) is 5. The van der Waals surface area contributed by atoms with Crippen LogP contribution in [-0.2, 0) is 14.3 Å². The number of carbonyl (C=O) groups is 1. The Morgan fingerprint density at radius 1 is 1.04 bits per heavy atom. The molecule has 3 aliphatic heterocycles. The van der Waals surface area contributed by atoms with Crippen molar-refractivity contribution in [3.8, 4) is 0 Å². The van der Waals surface area contributed by atoms with Crippen molar-refractivity contribution < 1.29 is 14.3 Å². The lowest BCUT2D eigenvalue weighted by Crippen LogP contribution is -2.61. The van der Waals surface area contributed by atoms with Crippen molar-refractivity contribution in [3.05, 3.63) is 35.9 Å². The van der Waals surface area contributed by atoms with Crippen LogP contribution in [0.15, 0.2) is 30.3 Å². The average Bonchev–Trinajstić information content (AvgIpc) is 2.68. The van der Waals surface area contributed by atoms with Crippen molar-refractivity contribution in [3.63, 3.8) is 0 Å². The predicted molar refractivity (Wildman–Crippen MR) is 98.6 cm³/mol. The predicted octanol–water partition coefficient (Wildman–Crippen LogP) is 1.39. The van der Waals surface area contributed by atoms with Gasteiger partial charge in [0.15, 0.2) is 0 Å². The maximum Gasteiger partial charge on any atom is 0.222 e. The Morgan fingerprint density at radius 2 is 1.77 bits per heavy atom. The molecule has 3 aliphatic rings. The lowest BCUT2D eigenvalue weighted by atomic mass is 9.96. The number of carbonyl (C=O) groups excluding carboxylic acids is 1. The van der Waals surface area contributed by atoms with Crippen molar-refractivity contribution in [2.75, 3.05) is 39.5 Å². The molecular formula is C20H29N3O3. The SMILES string of the molecule is C[C@@H]1COCCN1C1CC(=O)NC(N2CCOC[C@H]2c2ccccc2)C1. The molecule has 0 aliphatic carbocycles. The first kappa shape index (κ1) is 17.9. The van der Waals surface area contributed by atoms with Gasteiger partial charge in [-0.25, -0.2) is 0 Å². The van der Waals surface area contributed by atoms with Crippen LogP contribution in [-0.4, -0.2) is 73.5 Å². The van der Waals surface area contributed by atoms with Crippen LogP contribution in [0.2, 0.25) is 0 Å². The van der Waals surface area contributed by atoms with Crippen molar-refractivity contribution >= 4 is 5.91 Å². The third-order valence-corrected chi connectivity index (χ3v) is 5.89. The van der Waals surface area contributed by atoms with E-state index >= 15 is 0 Å². The average molecular weight is 359 g/mol. The van der Waals surface area contributed by atoms with Crippen LogP contribution in [0.1, 0.15) is 31.4 Å². The summed E-state index contributed by atoms with van der Waals surface area (Å²) in [6, 6.07) is 11.3. The number of nitrogens with zero attached hydrogens (tertiary/aromatic N) is 2. The molecule has 6 heteroatoms. The number of benzene rings is 1. The Labute approximate surface area is 155 Å². The fraction of sp³-hybridized carbons (Fsp3) is 0.650. The van der Waals surface area contributed by atoms with E-state index in [-0.39, 0.29) is 24.2 Å². The van der Waals surface area contributed by atoms with Gasteiger partial charge >= 0.3 is 0 Å². The molecule has 3 heterocycles. The Morgan fingerprint density at radius 3 is 2.54 bits per heavy atom. The molecule has 26 heavy (non-hydrogen) atoms. The van der Waals surface area contributed by atoms with E-state index in [1.807, 2.05) is 6.07 Å². The molecule has 0 saturated carbocycles. The topological polar surface area (TPSA) is 54.0 Å². The molecule has 2 unspecified atom stereocenters. The van der Waals surface area contributed by atoms with Gasteiger partial charge in [0.25, 0.3) is 0 Å². The van der Waals surface area contributed by atoms with E-state index < -0.39 is 0 Å². The molecule has 142 valence electrons. The number of morpholine rings is 2. The highest BCUT2D eigenvalue weighted by atomic mass is 16.5. The molecule has 6 nitrogen and oxygen atoms in total. The highest BCUT2D eigenvalue weighted by Crippen LogP contribution is 2.30. The van der Waals surface area contributed by atoms with Gasteiger partial charge in [-0.3, -0.25) is 14.6 Å². The minimum Gasteiger partial charge on any atom is -0.379 e. The van der Waals surface area contributed by atoms with Crippen LogP contribution in [0.3, 0.4) is 0 Å². The molecule has 0 aromatic heterocycles. The summed E-state index contributed by atoms with van der Waals surface area (Å²) in [5.74, 6) is 0.156. The van der Waals surface area contributed by atoms with Crippen LogP contribution in [0.25, 0.3) is 0 Å². The molecule has 4 atom stereocenters. The van der Waals surface area contributed by atoms with E-state index in [0.29, 0.717) is 25.7 Å². The normalized spacial score (nSPS) is 34.4. The third kappa shape index (κ3) is 3.78. The van der Waals surface area contributed by atoms with Crippen LogP contribution in [0, 0.1) is 0 Å². The standard InChI is InChI=1S/C20H29N3O3/c1-15-13-25-9-7-22(15)17-11-19(21-20(24)12-17)23-8-10-26-14-18(23)16-5-3-2-4-6-16/h2-6,15,17-19H,7-14H2,1H3,(H,21,24)/t15-,17?,18+,19?/m1/s1. The van der Waals surface area contributed by atoms with E-state index in [2.05, 4.69) is 46.3 Å². The van der Waals surface area contributed by atoms with Crippen molar-refractivity contribution in [2.24, 2.45) is 0 Å². The number of nitrogens with one attached hydrogen (secondary N) is 1. The maximum atomic E-state index is 12.5. The summed E-state index contributed by atoms with van der Waals surface area (Å²) >= 11 is 0. The van der Waals surface area contributed by atoms with Crippen molar-refractivity contribution in [1.82, 2.24) is 15.1 Å². The zero-order valence-electron chi connectivity index (χ0n) is 15.5. The quantitative estimate of drug-likeness (QED) is 0.884. The van der Waals surface area contributed by atoms with Gasteiger partial charge in [-0.05, 0) is 18.9 Å². The van der Waals surface area contributed by atoms with Gasteiger partial charge in [-0.1, -0.05) is 30.3 Å². The van der Waals surface area contributed by atoms with Crippen LogP contribution in [0.4, 0.5) is 0 Å².